The number of halogens is 2. The summed E-state index contributed by atoms with van der Waals surface area (Å²) >= 11 is 0. The molecule has 2 amide bonds. The number of nitrogens with one attached hydrogen (secondary N) is 1. The van der Waals surface area contributed by atoms with Crippen LogP contribution < -0.4 is 15.1 Å². The Bertz CT molecular complexity index is 895. The van der Waals surface area contributed by atoms with E-state index in [-0.39, 0.29) is 5.69 Å². The quantitative estimate of drug-likeness (QED) is 0.855. The average Bonchev–Trinajstić information content (AvgIpc) is 3.25. The zero-order valence-corrected chi connectivity index (χ0v) is 16.4. The number of carbonyl (C=O) groups excluding carboxylic acids is 1. The first-order valence-electron chi connectivity index (χ1n) is 9.86. The van der Waals surface area contributed by atoms with Gasteiger partial charge in [0.1, 0.15) is 17.5 Å². The topological polar surface area (TPSA) is 64.6 Å². The number of piperazine rings is 1. The van der Waals surface area contributed by atoms with Gasteiger partial charge in [0.25, 0.3) is 0 Å². The third-order valence-electron chi connectivity index (χ3n) is 5.28. The lowest BCUT2D eigenvalue weighted by Crippen LogP contribution is -2.50. The fourth-order valence-electron chi connectivity index (χ4n) is 3.68. The van der Waals surface area contributed by atoms with Gasteiger partial charge in [-0.05, 0) is 31.9 Å². The first-order valence-corrected chi connectivity index (χ1v) is 9.86. The second-order valence-electron chi connectivity index (χ2n) is 7.39. The fourth-order valence-corrected chi connectivity index (χ4v) is 3.68. The molecule has 3 heterocycles. The Labute approximate surface area is 168 Å². The minimum atomic E-state index is -0.666. The molecule has 7 nitrogen and oxygen atoms in total. The van der Waals surface area contributed by atoms with E-state index < -0.39 is 17.7 Å². The molecule has 9 heteroatoms. The molecule has 2 fully saturated rings. The summed E-state index contributed by atoms with van der Waals surface area (Å²) in [6.07, 6.45) is 2.36. The van der Waals surface area contributed by atoms with Crippen LogP contribution in [0.2, 0.25) is 0 Å². The largest absolute Gasteiger partial charge is 0.356 e. The van der Waals surface area contributed by atoms with Crippen LogP contribution in [0.25, 0.3) is 0 Å². The van der Waals surface area contributed by atoms with Gasteiger partial charge in [-0.2, -0.15) is 4.98 Å². The summed E-state index contributed by atoms with van der Waals surface area (Å²) in [5.74, 6) is 0.354. The maximum atomic E-state index is 13.8. The van der Waals surface area contributed by atoms with Crippen molar-refractivity contribution in [3.8, 4) is 0 Å². The Morgan fingerprint density at radius 3 is 2.41 bits per heavy atom. The van der Waals surface area contributed by atoms with E-state index in [9.17, 15) is 13.6 Å². The number of benzene rings is 1. The second kappa shape index (κ2) is 8.18. The van der Waals surface area contributed by atoms with Crippen LogP contribution in [0.4, 0.5) is 31.0 Å². The third-order valence-corrected chi connectivity index (χ3v) is 5.28. The Hall–Kier alpha value is -2.97. The van der Waals surface area contributed by atoms with Crippen molar-refractivity contribution in [2.75, 3.05) is 54.4 Å². The molecule has 2 saturated heterocycles. The van der Waals surface area contributed by atoms with Crippen LogP contribution >= 0.6 is 0 Å². The molecule has 0 aliphatic carbocycles. The van der Waals surface area contributed by atoms with Gasteiger partial charge in [-0.1, -0.05) is 0 Å². The monoisotopic (exact) mass is 402 g/mol. The summed E-state index contributed by atoms with van der Waals surface area (Å²) in [6, 6.07) is 4.55. The highest BCUT2D eigenvalue weighted by molar-refractivity contribution is 5.89. The lowest BCUT2D eigenvalue weighted by molar-refractivity contribution is 0.208. The maximum absolute atomic E-state index is 13.8. The van der Waals surface area contributed by atoms with Gasteiger partial charge in [0.15, 0.2) is 0 Å². The van der Waals surface area contributed by atoms with E-state index in [1.807, 2.05) is 13.0 Å². The standard InChI is InChI=1S/C20H24F2N6O/c1-14-12-18(26-6-2-3-7-26)25-19(23-14)27-8-10-28(11-9-27)20(29)24-17-13-15(21)4-5-16(17)22/h4-5,12-13H,2-3,6-11H2,1H3,(H,24,29). The molecule has 1 aromatic heterocycles. The summed E-state index contributed by atoms with van der Waals surface area (Å²) < 4.78 is 27.1. The number of hydrogen-bond acceptors (Lipinski definition) is 5. The van der Waals surface area contributed by atoms with Crippen molar-refractivity contribution in [3.05, 3.63) is 41.6 Å². The SMILES string of the molecule is Cc1cc(N2CCCC2)nc(N2CCN(C(=O)Nc3cc(F)ccc3F)CC2)n1. The summed E-state index contributed by atoms with van der Waals surface area (Å²) in [7, 11) is 0. The molecule has 1 aromatic carbocycles. The number of amides is 2. The summed E-state index contributed by atoms with van der Waals surface area (Å²) in [5, 5.41) is 2.45. The number of aromatic nitrogens is 2. The van der Waals surface area contributed by atoms with Crippen molar-refractivity contribution < 1.29 is 13.6 Å². The molecule has 154 valence electrons. The smallest absolute Gasteiger partial charge is 0.322 e. The van der Waals surface area contributed by atoms with Crippen molar-refractivity contribution in [1.29, 1.82) is 0 Å². The molecule has 2 aliphatic rings. The van der Waals surface area contributed by atoms with E-state index in [1.165, 1.54) is 12.8 Å². The van der Waals surface area contributed by atoms with Crippen LogP contribution in [0.1, 0.15) is 18.5 Å². The van der Waals surface area contributed by atoms with Crippen LogP contribution in [0.15, 0.2) is 24.3 Å². The maximum Gasteiger partial charge on any atom is 0.322 e. The molecule has 1 N–H and O–H groups in total. The van der Waals surface area contributed by atoms with Gasteiger partial charge in [0, 0.05) is 57.1 Å². The van der Waals surface area contributed by atoms with Crippen LogP contribution in [0.3, 0.4) is 0 Å². The number of carbonyl (C=O) groups is 1. The lowest BCUT2D eigenvalue weighted by Gasteiger charge is -2.35. The Balaban J connectivity index is 1.39. The van der Waals surface area contributed by atoms with Crippen molar-refractivity contribution in [2.45, 2.75) is 19.8 Å². The molecule has 0 saturated carbocycles. The molecular weight excluding hydrogens is 378 g/mol. The molecule has 0 radical (unpaired) electrons. The van der Waals surface area contributed by atoms with Crippen LogP contribution in [-0.4, -0.2) is 60.2 Å². The third kappa shape index (κ3) is 4.38. The predicted octanol–water partition coefficient (Wildman–Crippen LogP) is 3.02. The van der Waals surface area contributed by atoms with Crippen molar-refractivity contribution in [1.82, 2.24) is 14.9 Å². The van der Waals surface area contributed by atoms with Gasteiger partial charge in [-0.15, -0.1) is 0 Å². The highest BCUT2D eigenvalue weighted by atomic mass is 19.1. The summed E-state index contributed by atoms with van der Waals surface area (Å²) in [4.78, 5) is 27.6. The normalized spacial score (nSPS) is 17.0. The van der Waals surface area contributed by atoms with E-state index >= 15 is 0 Å². The fraction of sp³-hybridized carbons (Fsp3) is 0.450. The molecule has 2 aromatic rings. The molecule has 0 unspecified atom stereocenters. The van der Waals surface area contributed by atoms with Crippen molar-refractivity contribution >= 4 is 23.5 Å². The van der Waals surface area contributed by atoms with Gasteiger partial charge in [0.2, 0.25) is 5.95 Å². The minimum absolute atomic E-state index is 0.158. The second-order valence-corrected chi connectivity index (χ2v) is 7.39. The van der Waals surface area contributed by atoms with E-state index in [1.54, 1.807) is 4.90 Å². The van der Waals surface area contributed by atoms with E-state index in [0.717, 1.165) is 42.8 Å². The summed E-state index contributed by atoms with van der Waals surface area (Å²) in [5.41, 5.74) is 0.758. The molecule has 29 heavy (non-hydrogen) atoms. The molecular formula is C20H24F2N6O. The number of hydrogen-bond donors (Lipinski definition) is 1. The van der Waals surface area contributed by atoms with Gasteiger partial charge < -0.3 is 20.0 Å². The number of anilines is 3. The number of urea groups is 1. The van der Waals surface area contributed by atoms with E-state index in [2.05, 4.69) is 20.1 Å². The zero-order chi connectivity index (χ0) is 20.4. The Morgan fingerprint density at radius 1 is 0.966 bits per heavy atom. The van der Waals surface area contributed by atoms with E-state index in [0.29, 0.717) is 32.1 Å². The molecule has 4 rings (SSSR count). The number of rotatable bonds is 3. The van der Waals surface area contributed by atoms with Gasteiger partial charge >= 0.3 is 6.03 Å². The first-order chi connectivity index (χ1) is 14.0. The highest BCUT2D eigenvalue weighted by Gasteiger charge is 2.24. The van der Waals surface area contributed by atoms with Crippen LogP contribution in [0, 0.1) is 18.6 Å². The molecule has 0 spiro atoms. The van der Waals surface area contributed by atoms with Crippen LogP contribution in [-0.2, 0) is 0 Å². The Kier molecular flexibility index (Phi) is 5.46. The summed E-state index contributed by atoms with van der Waals surface area (Å²) in [6.45, 7) is 6.02. The van der Waals surface area contributed by atoms with Gasteiger partial charge in [-0.3, -0.25) is 0 Å². The van der Waals surface area contributed by atoms with Crippen LogP contribution in [0.5, 0.6) is 0 Å². The van der Waals surface area contributed by atoms with E-state index in [4.69, 9.17) is 4.98 Å². The zero-order valence-electron chi connectivity index (χ0n) is 16.4. The van der Waals surface area contributed by atoms with Crippen molar-refractivity contribution in [3.63, 3.8) is 0 Å². The first kappa shape index (κ1) is 19.4. The number of aryl methyl sites for hydroxylation is 1. The molecule has 0 atom stereocenters. The molecule has 0 bridgehead atoms. The highest BCUT2D eigenvalue weighted by Crippen LogP contribution is 2.22. The predicted molar refractivity (Wildman–Crippen MR) is 107 cm³/mol. The average molecular weight is 402 g/mol. The Morgan fingerprint density at radius 2 is 1.69 bits per heavy atom. The minimum Gasteiger partial charge on any atom is -0.356 e. The number of nitrogens with zero attached hydrogens (tertiary/aromatic N) is 5. The molecule has 2 aliphatic heterocycles. The van der Waals surface area contributed by atoms with Gasteiger partial charge in [-0.25, -0.2) is 18.6 Å². The lowest BCUT2D eigenvalue weighted by atomic mass is 10.3. The van der Waals surface area contributed by atoms with Gasteiger partial charge in [0.05, 0.1) is 5.69 Å². The van der Waals surface area contributed by atoms with Crippen molar-refractivity contribution in [2.24, 2.45) is 0 Å².